The van der Waals surface area contributed by atoms with Gasteiger partial charge in [0, 0.05) is 12.7 Å². The molecule has 0 aliphatic carbocycles. The molecule has 1 rings (SSSR count). The standard InChI is InChI=1S/C12H20N4S/c1-9-5-7-15-12(10(9)11(13)17)14-6-4-8-16(2)3/h5,7H,4,6,8H2,1-3H3,(H2,13,17)(H,14,15). The smallest absolute Gasteiger partial charge is 0.136 e. The Morgan fingerprint density at radius 2 is 2.24 bits per heavy atom. The molecule has 0 atom stereocenters. The number of aromatic nitrogens is 1. The third-order valence-electron chi connectivity index (χ3n) is 2.48. The van der Waals surface area contributed by atoms with Crippen LogP contribution in [0.3, 0.4) is 0 Å². The van der Waals surface area contributed by atoms with E-state index in [2.05, 4.69) is 29.3 Å². The highest BCUT2D eigenvalue weighted by atomic mass is 32.1. The van der Waals surface area contributed by atoms with Gasteiger partial charge in [-0.25, -0.2) is 4.98 Å². The summed E-state index contributed by atoms with van der Waals surface area (Å²) in [7, 11) is 4.12. The number of rotatable bonds is 6. The maximum absolute atomic E-state index is 5.71. The zero-order valence-electron chi connectivity index (χ0n) is 10.7. The normalized spacial score (nSPS) is 10.6. The van der Waals surface area contributed by atoms with Crippen LogP contribution < -0.4 is 11.1 Å². The highest BCUT2D eigenvalue weighted by Crippen LogP contribution is 2.16. The third-order valence-corrected chi connectivity index (χ3v) is 2.68. The van der Waals surface area contributed by atoms with Crippen LogP contribution in [0.4, 0.5) is 5.82 Å². The van der Waals surface area contributed by atoms with Gasteiger partial charge in [0.1, 0.15) is 10.8 Å². The summed E-state index contributed by atoms with van der Waals surface area (Å²) in [4.78, 5) is 6.83. The van der Waals surface area contributed by atoms with Crippen LogP contribution in [-0.4, -0.2) is 42.1 Å². The lowest BCUT2D eigenvalue weighted by Gasteiger charge is -2.13. The van der Waals surface area contributed by atoms with Crippen molar-refractivity contribution in [2.45, 2.75) is 13.3 Å². The molecule has 0 unspecified atom stereocenters. The molecule has 0 saturated heterocycles. The van der Waals surface area contributed by atoms with Gasteiger partial charge in [-0.15, -0.1) is 0 Å². The van der Waals surface area contributed by atoms with Crippen LogP contribution in [-0.2, 0) is 0 Å². The van der Waals surface area contributed by atoms with Crippen molar-refractivity contribution >= 4 is 23.0 Å². The van der Waals surface area contributed by atoms with Crippen molar-refractivity contribution in [2.75, 3.05) is 32.5 Å². The number of nitrogens with zero attached hydrogens (tertiary/aromatic N) is 2. The van der Waals surface area contributed by atoms with Crippen molar-refractivity contribution in [3.8, 4) is 0 Å². The molecule has 94 valence electrons. The number of pyridine rings is 1. The Hall–Kier alpha value is -1.20. The van der Waals surface area contributed by atoms with E-state index < -0.39 is 0 Å². The van der Waals surface area contributed by atoms with Gasteiger partial charge in [0.2, 0.25) is 0 Å². The zero-order valence-corrected chi connectivity index (χ0v) is 11.5. The average molecular weight is 252 g/mol. The van der Waals surface area contributed by atoms with Crippen molar-refractivity contribution < 1.29 is 0 Å². The van der Waals surface area contributed by atoms with Gasteiger partial charge in [-0.3, -0.25) is 0 Å². The summed E-state index contributed by atoms with van der Waals surface area (Å²) >= 11 is 5.05. The second kappa shape index (κ2) is 6.51. The van der Waals surface area contributed by atoms with E-state index in [1.165, 1.54) is 0 Å². The fourth-order valence-electron chi connectivity index (χ4n) is 1.61. The van der Waals surface area contributed by atoms with Crippen LogP contribution in [0, 0.1) is 6.92 Å². The predicted octanol–water partition coefficient (Wildman–Crippen LogP) is 1.39. The Bertz CT molecular complexity index is 390. The Kier molecular flexibility index (Phi) is 5.31. The van der Waals surface area contributed by atoms with Gasteiger partial charge < -0.3 is 16.0 Å². The molecule has 3 N–H and O–H groups in total. The molecule has 0 aliphatic heterocycles. The third kappa shape index (κ3) is 4.28. The van der Waals surface area contributed by atoms with Gasteiger partial charge in [-0.1, -0.05) is 12.2 Å². The number of anilines is 1. The van der Waals surface area contributed by atoms with Gasteiger partial charge in [0.05, 0.1) is 5.56 Å². The van der Waals surface area contributed by atoms with E-state index in [0.29, 0.717) is 4.99 Å². The first-order valence-electron chi connectivity index (χ1n) is 5.66. The van der Waals surface area contributed by atoms with Crippen LogP contribution in [0.2, 0.25) is 0 Å². The highest BCUT2D eigenvalue weighted by molar-refractivity contribution is 7.80. The van der Waals surface area contributed by atoms with E-state index in [1.54, 1.807) is 6.20 Å². The van der Waals surface area contributed by atoms with Crippen LogP contribution in [0.15, 0.2) is 12.3 Å². The van der Waals surface area contributed by atoms with Crippen LogP contribution >= 0.6 is 12.2 Å². The minimum atomic E-state index is 0.394. The highest BCUT2D eigenvalue weighted by Gasteiger charge is 2.08. The first-order valence-corrected chi connectivity index (χ1v) is 6.07. The van der Waals surface area contributed by atoms with Crippen molar-refractivity contribution in [1.82, 2.24) is 9.88 Å². The summed E-state index contributed by atoms with van der Waals surface area (Å²) < 4.78 is 0. The lowest BCUT2D eigenvalue weighted by atomic mass is 10.1. The van der Waals surface area contributed by atoms with E-state index in [9.17, 15) is 0 Å². The fraction of sp³-hybridized carbons (Fsp3) is 0.500. The molecule has 4 nitrogen and oxygen atoms in total. The molecule has 17 heavy (non-hydrogen) atoms. The summed E-state index contributed by atoms with van der Waals surface area (Å²) in [6.07, 6.45) is 2.82. The van der Waals surface area contributed by atoms with Gasteiger partial charge in [0.25, 0.3) is 0 Å². The number of thiocarbonyl (C=S) groups is 1. The van der Waals surface area contributed by atoms with Crippen LogP contribution in [0.5, 0.6) is 0 Å². The van der Waals surface area contributed by atoms with Crippen LogP contribution in [0.1, 0.15) is 17.5 Å². The minimum Gasteiger partial charge on any atom is -0.389 e. The van der Waals surface area contributed by atoms with E-state index >= 15 is 0 Å². The minimum absolute atomic E-state index is 0.394. The van der Waals surface area contributed by atoms with E-state index in [4.69, 9.17) is 18.0 Å². The fourth-order valence-corrected chi connectivity index (χ4v) is 1.86. The maximum Gasteiger partial charge on any atom is 0.136 e. The molecule has 0 amide bonds. The quantitative estimate of drug-likeness (QED) is 0.592. The van der Waals surface area contributed by atoms with E-state index in [0.717, 1.165) is 36.5 Å². The first kappa shape index (κ1) is 13.9. The SMILES string of the molecule is Cc1ccnc(NCCCN(C)C)c1C(N)=S. The number of aryl methyl sites for hydroxylation is 1. The van der Waals surface area contributed by atoms with E-state index in [1.807, 2.05) is 13.0 Å². The Morgan fingerprint density at radius 3 is 2.82 bits per heavy atom. The lowest BCUT2D eigenvalue weighted by molar-refractivity contribution is 0.405. The molecule has 0 aromatic carbocycles. The number of hydrogen-bond acceptors (Lipinski definition) is 4. The lowest BCUT2D eigenvalue weighted by Crippen LogP contribution is -2.19. The van der Waals surface area contributed by atoms with Gasteiger partial charge >= 0.3 is 0 Å². The van der Waals surface area contributed by atoms with Gasteiger partial charge in [-0.2, -0.15) is 0 Å². The topological polar surface area (TPSA) is 54.2 Å². The number of nitrogens with one attached hydrogen (secondary N) is 1. The maximum atomic E-state index is 5.71. The average Bonchev–Trinajstić information content (AvgIpc) is 2.23. The molecule has 0 fully saturated rings. The molecule has 0 bridgehead atoms. The molecule has 1 aromatic heterocycles. The number of hydrogen-bond donors (Lipinski definition) is 2. The van der Waals surface area contributed by atoms with Crippen LogP contribution in [0.25, 0.3) is 0 Å². The molecular weight excluding hydrogens is 232 g/mol. The molecule has 0 spiro atoms. The predicted molar refractivity (Wildman–Crippen MR) is 76.5 cm³/mol. The number of nitrogens with two attached hydrogens (primary N) is 1. The summed E-state index contributed by atoms with van der Waals surface area (Å²) in [5, 5.41) is 3.29. The molecular formula is C12H20N4S. The van der Waals surface area contributed by atoms with Crippen molar-refractivity contribution in [2.24, 2.45) is 5.73 Å². The molecule has 1 heterocycles. The Balaban J connectivity index is 2.64. The summed E-state index contributed by atoms with van der Waals surface area (Å²) in [5.74, 6) is 0.788. The molecule has 0 saturated carbocycles. The van der Waals surface area contributed by atoms with Crippen molar-refractivity contribution in [3.63, 3.8) is 0 Å². The largest absolute Gasteiger partial charge is 0.389 e. The molecule has 1 aromatic rings. The van der Waals surface area contributed by atoms with Crippen molar-refractivity contribution in [1.29, 1.82) is 0 Å². The molecule has 5 heteroatoms. The Morgan fingerprint density at radius 1 is 1.53 bits per heavy atom. The molecule has 0 aliphatic rings. The summed E-state index contributed by atoms with van der Waals surface area (Å²) in [6, 6.07) is 1.92. The van der Waals surface area contributed by atoms with Crippen molar-refractivity contribution in [3.05, 3.63) is 23.4 Å². The van der Waals surface area contributed by atoms with Gasteiger partial charge in [-0.05, 0) is 45.6 Å². The van der Waals surface area contributed by atoms with E-state index in [-0.39, 0.29) is 0 Å². The Labute approximate surface area is 108 Å². The second-order valence-electron chi connectivity index (χ2n) is 4.30. The second-order valence-corrected chi connectivity index (χ2v) is 4.74. The monoisotopic (exact) mass is 252 g/mol. The first-order chi connectivity index (χ1) is 8.02. The zero-order chi connectivity index (χ0) is 12.8. The van der Waals surface area contributed by atoms with Gasteiger partial charge in [0.15, 0.2) is 0 Å². The summed E-state index contributed by atoms with van der Waals surface area (Å²) in [6.45, 7) is 3.90. The summed E-state index contributed by atoms with van der Waals surface area (Å²) in [5.41, 5.74) is 7.62. The molecule has 0 radical (unpaired) electrons.